The molecule has 0 radical (unpaired) electrons. The molecule has 0 saturated heterocycles. The average molecular weight is 743 g/mol. The van der Waals surface area contributed by atoms with E-state index in [4.69, 9.17) is 14.9 Å². The standard InChI is InChI=1S/C34H43IN4O5Si/c1-34(2,3)45(4,5)44-20-22-16-17-23(19-29(22)35)38-31(40)30(15-10-18-37-32(36)41)39-33(42)43-21-28-26-13-8-6-11-24(26)25-12-7-9-14-27(25)28/h6-9,11-14,16-17,19,28,30H,10,15,18,20-21H2,1-5H3,(H,38,40)(H,39,42)(H3,36,37,41)/t30-/m0/s1. The third-order valence-electron chi connectivity index (χ3n) is 8.64. The maximum absolute atomic E-state index is 13.4. The van der Waals surface area contributed by atoms with Crippen LogP contribution in [0.1, 0.15) is 56.2 Å². The van der Waals surface area contributed by atoms with Crippen molar-refractivity contribution < 1.29 is 23.5 Å². The van der Waals surface area contributed by atoms with Gasteiger partial charge < -0.3 is 30.8 Å². The molecule has 45 heavy (non-hydrogen) atoms. The van der Waals surface area contributed by atoms with Crippen LogP contribution in [0.4, 0.5) is 15.3 Å². The second kappa shape index (κ2) is 14.8. The Morgan fingerprint density at radius 1 is 0.978 bits per heavy atom. The van der Waals surface area contributed by atoms with E-state index in [9.17, 15) is 14.4 Å². The second-order valence-electron chi connectivity index (χ2n) is 12.8. The van der Waals surface area contributed by atoms with Gasteiger partial charge in [-0.15, -0.1) is 0 Å². The highest BCUT2D eigenvalue weighted by atomic mass is 127. The van der Waals surface area contributed by atoms with Gasteiger partial charge in [-0.1, -0.05) is 75.4 Å². The van der Waals surface area contributed by atoms with E-state index in [1.807, 2.05) is 42.5 Å². The number of nitrogens with two attached hydrogens (primary N) is 1. The van der Waals surface area contributed by atoms with Gasteiger partial charge in [-0.3, -0.25) is 4.79 Å². The molecule has 5 N–H and O–H groups in total. The maximum Gasteiger partial charge on any atom is 0.407 e. The van der Waals surface area contributed by atoms with E-state index in [1.54, 1.807) is 0 Å². The molecule has 3 aromatic rings. The zero-order chi connectivity index (χ0) is 32.8. The normalized spacial score (nSPS) is 13.4. The molecule has 3 aromatic carbocycles. The molecule has 0 aliphatic heterocycles. The molecule has 0 heterocycles. The Kier molecular flexibility index (Phi) is 11.3. The van der Waals surface area contributed by atoms with Crippen molar-refractivity contribution in [3.63, 3.8) is 0 Å². The van der Waals surface area contributed by atoms with Gasteiger partial charge in [0.05, 0.1) is 6.61 Å². The number of carbonyl (C=O) groups is 3. The van der Waals surface area contributed by atoms with E-state index < -0.39 is 26.5 Å². The van der Waals surface area contributed by atoms with Gasteiger partial charge in [0.25, 0.3) is 0 Å². The molecule has 1 aliphatic rings. The molecule has 0 saturated carbocycles. The molecule has 4 rings (SSSR count). The predicted octanol–water partition coefficient (Wildman–Crippen LogP) is 7.11. The van der Waals surface area contributed by atoms with Crippen LogP contribution in [0.3, 0.4) is 0 Å². The van der Waals surface area contributed by atoms with Gasteiger partial charge in [0, 0.05) is 21.7 Å². The van der Waals surface area contributed by atoms with E-state index in [2.05, 4.69) is 96.7 Å². The molecule has 240 valence electrons. The molecular weight excluding hydrogens is 699 g/mol. The number of fused-ring (bicyclic) bond motifs is 3. The average Bonchev–Trinajstić information content (AvgIpc) is 3.30. The van der Waals surface area contributed by atoms with Gasteiger partial charge in [0.2, 0.25) is 5.91 Å². The van der Waals surface area contributed by atoms with E-state index in [0.29, 0.717) is 18.7 Å². The minimum Gasteiger partial charge on any atom is -0.449 e. The molecular formula is C34H43IN4O5Si. The van der Waals surface area contributed by atoms with E-state index >= 15 is 0 Å². The Morgan fingerprint density at radius 3 is 2.18 bits per heavy atom. The summed E-state index contributed by atoms with van der Waals surface area (Å²) in [5, 5.41) is 8.29. The number of anilines is 1. The van der Waals surface area contributed by atoms with Crippen molar-refractivity contribution in [1.29, 1.82) is 0 Å². The van der Waals surface area contributed by atoms with Gasteiger partial charge in [-0.25, -0.2) is 9.59 Å². The fraction of sp³-hybridized carbons (Fsp3) is 0.382. The van der Waals surface area contributed by atoms with Crippen LogP contribution in [0.15, 0.2) is 66.7 Å². The number of benzene rings is 3. The zero-order valence-corrected chi connectivity index (χ0v) is 29.7. The highest BCUT2D eigenvalue weighted by Crippen LogP contribution is 2.44. The van der Waals surface area contributed by atoms with Crippen LogP contribution in [-0.4, -0.2) is 45.5 Å². The van der Waals surface area contributed by atoms with Crippen molar-refractivity contribution in [3.8, 4) is 11.1 Å². The fourth-order valence-corrected chi connectivity index (χ4v) is 6.64. The van der Waals surface area contributed by atoms with Crippen LogP contribution < -0.4 is 21.7 Å². The lowest BCUT2D eigenvalue weighted by Gasteiger charge is -2.36. The van der Waals surface area contributed by atoms with Crippen molar-refractivity contribution in [2.75, 3.05) is 18.5 Å². The maximum atomic E-state index is 13.4. The van der Waals surface area contributed by atoms with Crippen LogP contribution in [0.5, 0.6) is 0 Å². The number of rotatable bonds is 12. The topological polar surface area (TPSA) is 132 Å². The minimum atomic E-state index is -1.91. The molecule has 9 nitrogen and oxygen atoms in total. The van der Waals surface area contributed by atoms with Gasteiger partial charge in [-0.05, 0) is 93.5 Å². The number of carbonyl (C=O) groups excluding carboxylic acids is 3. The van der Waals surface area contributed by atoms with Crippen molar-refractivity contribution in [3.05, 3.63) is 87.0 Å². The van der Waals surface area contributed by atoms with Gasteiger partial charge in [-0.2, -0.15) is 0 Å². The number of ether oxygens (including phenoxy) is 1. The van der Waals surface area contributed by atoms with Crippen molar-refractivity contribution in [1.82, 2.24) is 10.6 Å². The molecule has 11 heteroatoms. The highest BCUT2D eigenvalue weighted by molar-refractivity contribution is 14.1. The first-order valence-electron chi connectivity index (χ1n) is 15.1. The number of primary amides is 1. The second-order valence-corrected chi connectivity index (χ2v) is 18.8. The summed E-state index contributed by atoms with van der Waals surface area (Å²) in [5.41, 5.74) is 11.3. The third kappa shape index (κ3) is 8.86. The number of alkyl carbamates (subject to hydrolysis) is 1. The van der Waals surface area contributed by atoms with Gasteiger partial charge in [0.1, 0.15) is 12.6 Å². The molecule has 1 aliphatic carbocycles. The Balaban J connectivity index is 1.40. The zero-order valence-electron chi connectivity index (χ0n) is 26.5. The lowest BCUT2D eigenvalue weighted by Crippen LogP contribution is -2.44. The number of nitrogens with one attached hydrogen (secondary N) is 3. The summed E-state index contributed by atoms with van der Waals surface area (Å²) in [7, 11) is -1.91. The largest absolute Gasteiger partial charge is 0.449 e. The lowest BCUT2D eigenvalue weighted by atomic mass is 9.98. The molecule has 4 amide bonds. The third-order valence-corrected chi connectivity index (χ3v) is 14.1. The van der Waals surface area contributed by atoms with Crippen LogP contribution in [0, 0.1) is 3.57 Å². The van der Waals surface area contributed by atoms with Crippen molar-refractivity contribution >= 4 is 54.6 Å². The summed E-state index contributed by atoms with van der Waals surface area (Å²) in [6, 6.07) is 20.3. The number of amides is 4. The molecule has 0 spiro atoms. The van der Waals surface area contributed by atoms with E-state index in [-0.39, 0.29) is 36.4 Å². The summed E-state index contributed by atoms with van der Waals surface area (Å²) >= 11 is 2.25. The van der Waals surface area contributed by atoms with E-state index in [1.165, 1.54) is 0 Å². The molecule has 0 fully saturated rings. The fourth-order valence-electron chi connectivity index (χ4n) is 5.02. The summed E-state index contributed by atoms with van der Waals surface area (Å²) < 4.78 is 13.0. The molecule has 0 unspecified atom stereocenters. The predicted molar refractivity (Wildman–Crippen MR) is 189 cm³/mol. The first kappa shape index (κ1) is 34.5. The van der Waals surface area contributed by atoms with Crippen molar-refractivity contribution in [2.24, 2.45) is 5.73 Å². The van der Waals surface area contributed by atoms with Gasteiger partial charge in [0.15, 0.2) is 8.32 Å². The summed E-state index contributed by atoms with van der Waals surface area (Å²) in [4.78, 5) is 37.6. The molecule has 0 aromatic heterocycles. The highest BCUT2D eigenvalue weighted by Gasteiger charge is 2.37. The SMILES string of the molecule is CC(C)(C)[Si](C)(C)OCc1ccc(NC(=O)[C@H](CCCNC(N)=O)NC(=O)OCC2c3ccccc3-c3ccccc32)cc1I. The Labute approximate surface area is 280 Å². The van der Waals surface area contributed by atoms with Crippen LogP contribution in [0.25, 0.3) is 11.1 Å². The van der Waals surface area contributed by atoms with Crippen LogP contribution >= 0.6 is 22.6 Å². The first-order chi connectivity index (χ1) is 21.3. The Bertz CT molecular complexity index is 1500. The smallest absolute Gasteiger partial charge is 0.407 e. The molecule has 1 atom stereocenters. The quantitative estimate of drug-likeness (QED) is 0.0893. The van der Waals surface area contributed by atoms with Crippen LogP contribution in [0.2, 0.25) is 18.1 Å². The summed E-state index contributed by atoms with van der Waals surface area (Å²) in [6.45, 7) is 12.0. The lowest BCUT2D eigenvalue weighted by molar-refractivity contribution is -0.118. The Morgan fingerprint density at radius 2 is 1.60 bits per heavy atom. The number of halogens is 1. The molecule has 0 bridgehead atoms. The first-order valence-corrected chi connectivity index (χ1v) is 19.1. The number of urea groups is 1. The van der Waals surface area contributed by atoms with E-state index in [0.717, 1.165) is 31.4 Å². The minimum absolute atomic E-state index is 0.101. The number of hydrogen-bond donors (Lipinski definition) is 4. The number of hydrogen-bond acceptors (Lipinski definition) is 5. The Hall–Kier alpha value is -3.42. The summed E-state index contributed by atoms with van der Waals surface area (Å²) in [5.74, 6) is -0.486. The monoisotopic (exact) mass is 742 g/mol. The van der Waals surface area contributed by atoms with Crippen molar-refractivity contribution in [2.45, 2.75) is 70.3 Å². The van der Waals surface area contributed by atoms with Gasteiger partial charge >= 0.3 is 12.1 Å². The van der Waals surface area contributed by atoms with Crippen LogP contribution in [-0.2, 0) is 20.6 Å². The summed E-state index contributed by atoms with van der Waals surface area (Å²) in [6.07, 6.45) is 0.00482.